The summed E-state index contributed by atoms with van der Waals surface area (Å²) in [6.07, 6.45) is 0. The molecule has 0 radical (unpaired) electrons. The van der Waals surface area contributed by atoms with Crippen LogP contribution in [-0.2, 0) is 0 Å². The van der Waals surface area contributed by atoms with Crippen molar-refractivity contribution in [1.29, 1.82) is 0 Å². The lowest BCUT2D eigenvalue weighted by molar-refractivity contribution is -0.330. The fourth-order valence-corrected chi connectivity index (χ4v) is 3.79. The number of carbonyl (C=O) groups is 1. The van der Waals surface area contributed by atoms with E-state index in [0.717, 1.165) is 45.0 Å². The first kappa shape index (κ1) is 15.8. The number of hydrogen-bond donors (Lipinski definition) is 3. The molecule has 0 saturated carbocycles. The molecule has 3 heterocycles. The van der Waals surface area contributed by atoms with E-state index in [9.17, 15) is 4.79 Å². The molecule has 132 valence electrons. The monoisotopic (exact) mass is 374 g/mol. The standard InChI is InChI=1S/C20H15N5OS/c1-11-21-14-6-4-12(9-16(14)22-11)19-24-15-7-5-13(10-17(15)25-19)23-20(26)18-3-2-8-27-18/h2-10H,1H3,(H,21,22)(H,23,26)(H,24,25)/p+1. The third-order valence-corrected chi connectivity index (χ3v) is 5.30. The largest absolute Gasteiger partial charge is 0.342 e. The van der Waals surface area contributed by atoms with Crippen molar-refractivity contribution in [3.63, 3.8) is 0 Å². The lowest BCUT2D eigenvalue weighted by atomic mass is 10.2. The second-order valence-electron chi connectivity index (χ2n) is 6.37. The van der Waals surface area contributed by atoms with E-state index in [0.29, 0.717) is 4.88 Å². The SMILES string of the molecule is Cc1nc2ccc(-c3[nH]c4cc(NC(=O)c5cccs5)ccc4[nH+]3)cc2[nH]1. The zero-order valence-electron chi connectivity index (χ0n) is 14.5. The Balaban J connectivity index is 1.48. The van der Waals surface area contributed by atoms with Crippen LogP contribution in [0, 0.1) is 6.92 Å². The summed E-state index contributed by atoms with van der Waals surface area (Å²) in [5.41, 5.74) is 5.63. The topological polar surface area (TPSA) is 87.7 Å². The molecule has 5 aromatic rings. The molecular weight excluding hydrogens is 358 g/mol. The van der Waals surface area contributed by atoms with Gasteiger partial charge in [0.15, 0.2) is 11.0 Å². The number of H-pyrrole nitrogens is 3. The van der Waals surface area contributed by atoms with Gasteiger partial charge in [0.2, 0.25) is 0 Å². The number of carbonyl (C=O) groups excluding carboxylic acids is 1. The third kappa shape index (κ3) is 2.88. The zero-order chi connectivity index (χ0) is 18.4. The molecule has 0 aliphatic carbocycles. The van der Waals surface area contributed by atoms with Crippen LogP contribution in [0.4, 0.5) is 5.69 Å². The van der Waals surface area contributed by atoms with Crippen LogP contribution >= 0.6 is 11.3 Å². The van der Waals surface area contributed by atoms with E-state index in [1.54, 1.807) is 0 Å². The lowest BCUT2D eigenvalue weighted by Crippen LogP contribution is -2.10. The number of aromatic amines is 3. The van der Waals surface area contributed by atoms with Crippen LogP contribution in [0.3, 0.4) is 0 Å². The molecule has 0 spiro atoms. The fraction of sp³-hybridized carbons (Fsp3) is 0.0500. The number of fused-ring (bicyclic) bond motifs is 2. The van der Waals surface area contributed by atoms with Crippen LogP contribution in [0.15, 0.2) is 53.9 Å². The van der Waals surface area contributed by atoms with Crippen molar-refractivity contribution in [1.82, 2.24) is 15.0 Å². The van der Waals surface area contributed by atoms with Crippen molar-refractivity contribution >= 4 is 45.0 Å². The number of aryl methyl sites for hydroxylation is 1. The number of benzene rings is 2. The summed E-state index contributed by atoms with van der Waals surface area (Å²) in [4.78, 5) is 27.4. The molecule has 7 heteroatoms. The number of hydrogen-bond acceptors (Lipinski definition) is 3. The summed E-state index contributed by atoms with van der Waals surface area (Å²) in [6, 6.07) is 15.6. The van der Waals surface area contributed by atoms with Gasteiger partial charge < -0.3 is 10.3 Å². The Labute approximate surface area is 158 Å². The number of nitrogens with zero attached hydrogens (tertiary/aromatic N) is 1. The highest BCUT2D eigenvalue weighted by atomic mass is 32.1. The molecule has 0 atom stereocenters. The summed E-state index contributed by atoms with van der Waals surface area (Å²) in [5, 5.41) is 4.83. The second-order valence-corrected chi connectivity index (χ2v) is 7.32. The molecule has 2 aromatic carbocycles. The van der Waals surface area contributed by atoms with Gasteiger partial charge in [0.25, 0.3) is 11.7 Å². The van der Waals surface area contributed by atoms with E-state index in [4.69, 9.17) is 0 Å². The minimum Gasteiger partial charge on any atom is -0.342 e. The molecule has 5 rings (SSSR count). The van der Waals surface area contributed by atoms with Crippen LogP contribution in [0.25, 0.3) is 33.5 Å². The van der Waals surface area contributed by atoms with E-state index in [1.165, 1.54) is 11.3 Å². The lowest BCUT2D eigenvalue weighted by Gasteiger charge is -2.01. The minimum atomic E-state index is -0.0971. The highest BCUT2D eigenvalue weighted by Crippen LogP contribution is 2.23. The van der Waals surface area contributed by atoms with E-state index in [-0.39, 0.29) is 5.91 Å². The van der Waals surface area contributed by atoms with Crippen LogP contribution in [0.1, 0.15) is 15.5 Å². The Morgan fingerprint density at radius 2 is 2.04 bits per heavy atom. The molecule has 0 aliphatic heterocycles. The molecule has 0 bridgehead atoms. The Morgan fingerprint density at radius 1 is 1.11 bits per heavy atom. The summed E-state index contributed by atoms with van der Waals surface area (Å²) >= 11 is 1.42. The van der Waals surface area contributed by atoms with Crippen molar-refractivity contribution in [3.05, 3.63) is 64.6 Å². The maximum absolute atomic E-state index is 12.2. The molecule has 0 saturated heterocycles. The van der Waals surface area contributed by atoms with Crippen molar-refractivity contribution in [2.75, 3.05) is 5.32 Å². The van der Waals surface area contributed by atoms with Gasteiger partial charge in [-0.2, -0.15) is 0 Å². The molecule has 1 amide bonds. The van der Waals surface area contributed by atoms with Crippen molar-refractivity contribution in [2.24, 2.45) is 0 Å². The molecule has 27 heavy (non-hydrogen) atoms. The second kappa shape index (κ2) is 6.07. The minimum absolute atomic E-state index is 0.0971. The number of amides is 1. The summed E-state index contributed by atoms with van der Waals surface area (Å²) in [6.45, 7) is 1.95. The van der Waals surface area contributed by atoms with E-state index >= 15 is 0 Å². The number of imidazole rings is 2. The molecular formula is C20H16N5OS+. The molecule has 0 fully saturated rings. The highest BCUT2D eigenvalue weighted by molar-refractivity contribution is 7.12. The van der Waals surface area contributed by atoms with Gasteiger partial charge in [-0.1, -0.05) is 6.07 Å². The molecule has 0 aliphatic rings. The summed E-state index contributed by atoms with van der Waals surface area (Å²) < 4.78 is 0. The smallest absolute Gasteiger partial charge is 0.285 e. The number of nitrogens with one attached hydrogen (secondary N) is 4. The Morgan fingerprint density at radius 3 is 2.89 bits per heavy atom. The predicted octanol–water partition coefficient (Wildman–Crippen LogP) is 4.15. The average Bonchev–Trinajstić information content (AvgIpc) is 3.39. The van der Waals surface area contributed by atoms with Gasteiger partial charge in [0.1, 0.15) is 5.82 Å². The van der Waals surface area contributed by atoms with Crippen LogP contribution < -0.4 is 10.3 Å². The first-order valence-corrected chi connectivity index (χ1v) is 9.40. The Kier molecular flexibility index (Phi) is 3.54. The van der Waals surface area contributed by atoms with Crippen molar-refractivity contribution in [3.8, 4) is 11.4 Å². The van der Waals surface area contributed by atoms with Gasteiger partial charge in [-0.15, -0.1) is 11.3 Å². The quantitative estimate of drug-likeness (QED) is 0.443. The number of rotatable bonds is 3. The normalized spacial score (nSPS) is 11.3. The first-order valence-electron chi connectivity index (χ1n) is 8.52. The molecule has 4 N–H and O–H groups in total. The van der Waals surface area contributed by atoms with Gasteiger partial charge in [0.05, 0.1) is 21.5 Å². The van der Waals surface area contributed by atoms with E-state index in [1.807, 2.05) is 54.8 Å². The number of thiophene rings is 1. The zero-order valence-corrected chi connectivity index (χ0v) is 15.3. The van der Waals surface area contributed by atoms with E-state index < -0.39 is 0 Å². The maximum Gasteiger partial charge on any atom is 0.285 e. The third-order valence-electron chi connectivity index (χ3n) is 4.43. The molecule has 6 nitrogen and oxygen atoms in total. The van der Waals surface area contributed by atoms with Crippen molar-refractivity contribution < 1.29 is 9.78 Å². The average molecular weight is 374 g/mol. The highest BCUT2D eigenvalue weighted by Gasteiger charge is 2.15. The fourth-order valence-electron chi connectivity index (χ4n) is 3.17. The van der Waals surface area contributed by atoms with Gasteiger partial charge in [-0.25, -0.2) is 15.0 Å². The van der Waals surface area contributed by atoms with Crippen LogP contribution in [-0.4, -0.2) is 20.9 Å². The van der Waals surface area contributed by atoms with Gasteiger partial charge in [-0.05, 0) is 48.7 Å². The Hall–Kier alpha value is -3.45. The van der Waals surface area contributed by atoms with E-state index in [2.05, 4.69) is 31.3 Å². The van der Waals surface area contributed by atoms with Gasteiger partial charge >= 0.3 is 0 Å². The first-order chi connectivity index (χ1) is 13.2. The van der Waals surface area contributed by atoms with Gasteiger partial charge in [-0.3, -0.25) is 4.79 Å². The summed E-state index contributed by atoms with van der Waals surface area (Å²) in [7, 11) is 0. The number of aromatic nitrogens is 4. The number of anilines is 1. The Bertz CT molecular complexity index is 1280. The molecule has 3 aromatic heterocycles. The summed E-state index contributed by atoms with van der Waals surface area (Å²) in [5.74, 6) is 1.70. The van der Waals surface area contributed by atoms with Gasteiger partial charge in [0, 0.05) is 11.8 Å². The predicted molar refractivity (Wildman–Crippen MR) is 107 cm³/mol. The molecule has 0 unspecified atom stereocenters. The maximum atomic E-state index is 12.2. The van der Waals surface area contributed by atoms with Crippen LogP contribution in [0.5, 0.6) is 0 Å². The van der Waals surface area contributed by atoms with Crippen molar-refractivity contribution in [2.45, 2.75) is 6.92 Å². The van der Waals surface area contributed by atoms with Crippen LogP contribution in [0.2, 0.25) is 0 Å².